The van der Waals surface area contributed by atoms with E-state index in [4.69, 9.17) is 5.73 Å². The minimum Gasteiger partial charge on any atom is -0.326 e. The van der Waals surface area contributed by atoms with Crippen LogP contribution in [0.2, 0.25) is 0 Å². The lowest BCUT2D eigenvalue weighted by molar-refractivity contribution is -0.136. The summed E-state index contributed by atoms with van der Waals surface area (Å²) in [5.41, 5.74) is 6.17. The Balaban J connectivity index is 2.35. The zero-order valence-corrected chi connectivity index (χ0v) is 12.4. The van der Waals surface area contributed by atoms with Crippen LogP contribution < -0.4 is 5.73 Å². The van der Waals surface area contributed by atoms with Gasteiger partial charge in [0.1, 0.15) is 10.8 Å². The fourth-order valence-corrected chi connectivity index (χ4v) is 5.15. The topological polar surface area (TPSA) is 63.4 Å². The molecule has 1 saturated carbocycles. The summed E-state index contributed by atoms with van der Waals surface area (Å²) in [6.45, 7) is 0.437. The van der Waals surface area contributed by atoms with Gasteiger partial charge in [0.15, 0.2) is 0 Å². The van der Waals surface area contributed by atoms with Crippen LogP contribution in [0.5, 0.6) is 0 Å². The molecular weight excluding hydrogens is 313 g/mol. The van der Waals surface area contributed by atoms with E-state index in [0.717, 1.165) is 11.3 Å². The van der Waals surface area contributed by atoms with Crippen LogP contribution in [0.1, 0.15) is 23.3 Å². The van der Waals surface area contributed by atoms with E-state index in [1.54, 1.807) is 6.92 Å². The average Bonchev–Trinajstić information content (AvgIpc) is 3.07. The summed E-state index contributed by atoms with van der Waals surface area (Å²) in [5.74, 6) is 0. The van der Waals surface area contributed by atoms with Crippen molar-refractivity contribution in [2.75, 3.05) is 6.54 Å². The summed E-state index contributed by atoms with van der Waals surface area (Å²) in [5, 5.41) is 0. The zero-order chi connectivity index (χ0) is 15.1. The lowest BCUT2D eigenvalue weighted by atomic mass is 10.3. The van der Waals surface area contributed by atoms with E-state index in [0.29, 0.717) is 27.6 Å². The van der Waals surface area contributed by atoms with E-state index in [1.165, 1.54) is 6.07 Å². The van der Waals surface area contributed by atoms with Gasteiger partial charge >= 0.3 is 6.18 Å². The number of alkyl halides is 3. The minimum atomic E-state index is -4.54. The highest BCUT2D eigenvalue weighted by Gasteiger charge is 2.45. The molecule has 1 aromatic rings. The third-order valence-electron chi connectivity index (χ3n) is 3.04. The lowest BCUT2D eigenvalue weighted by Gasteiger charge is -2.22. The van der Waals surface area contributed by atoms with E-state index < -0.39 is 28.8 Å². The number of halogens is 3. The van der Waals surface area contributed by atoms with E-state index in [1.807, 2.05) is 0 Å². The number of hydrogen-bond donors (Lipinski definition) is 1. The van der Waals surface area contributed by atoms with E-state index in [9.17, 15) is 21.6 Å². The van der Waals surface area contributed by atoms with Crippen LogP contribution in [0.4, 0.5) is 13.2 Å². The van der Waals surface area contributed by atoms with Crippen LogP contribution in [0.25, 0.3) is 0 Å². The molecule has 20 heavy (non-hydrogen) atoms. The first-order chi connectivity index (χ1) is 9.15. The molecule has 0 atom stereocenters. The van der Waals surface area contributed by atoms with Gasteiger partial charge in [-0.2, -0.15) is 17.5 Å². The van der Waals surface area contributed by atoms with Crippen molar-refractivity contribution in [3.8, 4) is 0 Å². The maximum absolute atomic E-state index is 12.6. The number of rotatable bonds is 5. The van der Waals surface area contributed by atoms with Crippen molar-refractivity contribution in [2.24, 2.45) is 5.73 Å². The van der Waals surface area contributed by atoms with Gasteiger partial charge in [0.2, 0.25) is 0 Å². The molecule has 2 rings (SSSR count). The number of nitrogens with two attached hydrogens (primary N) is 1. The molecule has 0 amide bonds. The second-order valence-electron chi connectivity index (χ2n) is 4.77. The minimum absolute atomic E-state index is 0.0633. The summed E-state index contributed by atoms with van der Waals surface area (Å²) < 4.78 is 62.9. The molecule has 0 aromatic carbocycles. The highest BCUT2D eigenvalue weighted by atomic mass is 32.2. The Bertz CT molecular complexity index is 591. The number of nitrogens with zero attached hydrogens (tertiary/aromatic N) is 1. The standard InChI is InChI=1S/C11H15F3N2O2S2/c1-7-4-10(19-9(7)5-15)20(17,18)16(8-2-3-8)6-11(12,13)14/h4,8H,2-3,5-6,15H2,1H3. The maximum Gasteiger partial charge on any atom is 0.402 e. The third-order valence-corrected chi connectivity index (χ3v) is 6.64. The molecule has 1 fully saturated rings. The molecule has 0 spiro atoms. The zero-order valence-electron chi connectivity index (χ0n) is 10.8. The normalized spacial score (nSPS) is 16.9. The summed E-state index contributed by atoms with van der Waals surface area (Å²) in [4.78, 5) is 0.673. The lowest BCUT2D eigenvalue weighted by Crippen LogP contribution is -2.40. The van der Waals surface area contributed by atoms with E-state index in [-0.39, 0.29) is 10.8 Å². The predicted octanol–water partition coefficient (Wildman–Crippen LogP) is 2.23. The average molecular weight is 328 g/mol. The third kappa shape index (κ3) is 3.33. The van der Waals surface area contributed by atoms with Gasteiger partial charge in [-0.1, -0.05) is 0 Å². The van der Waals surface area contributed by atoms with E-state index in [2.05, 4.69) is 0 Å². The molecular formula is C11H15F3N2O2S2. The highest BCUT2D eigenvalue weighted by Crippen LogP contribution is 2.37. The van der Waals surface area contributed by atoms with Crippen molar-refractivity contribution in [1.82, 2.24) is 4.31 Å². The molecule has 0 radical (unpaired) electrons. The maximum atomic E-state index is 12.6. The van der Waals surface area contributed by atoms with Gasteiger partial charge in [0, 0.05) is 17.5 Å². The highest BCUT2D eigenvalue weighted by molar-refractivity contribution is 7.91. The first kappa shape index (κ1) is 15.7. The summed E-state index contributed by atoms with van der Waals surface area (Å²) in [6, 6.07) is 0.860. The van der Waals surface area contributed by atoms with Crippen molar-refractivity contribution in [1.29, 1.82) is 0 Å². The monoisotopic (exact) mass is 328 g/mol. The van der Waals surface area contributed by atoms with Gasteiger partial charge in [-0.25, -0.2) is 8.42 Å². The number of hydrogen-bond acceptors (Lipinski definition) is 4. The Hall–Kier alpha value is -0.640. The molecule has 114 valence electrons. The Kier molecular flexibility index (Phi) is 4.16. The Morgan fingerprint density at radius 1 is 1.45 bits per heavy atom. The number of sulfonamides is 1. The molecule has 1 aliphatic rings. The molecule has 0 aliphatic heterocycles. The van der Waals surface area contributed by atoms with Crippen LogP contribution in [0, 0.1) is 6.92 Å². The van der Waals surface area contributed by atoms with Gasteiger partial charge in [-0.05, 0) is 31.4 Å². The predicted molar refractivity (Wildman–Crippen MR) is 69.9 cm³/mol. The van der Waals surface area contributed by atoms with Gasteiger partial charge in [-0.3, -0.25) is 0 Å². The molecule has 0 bridgehead atoms. The van der Waals surface area contributed by atoms with Gasteiger partial charge in [0.25, 0.3) is 10.0 Å². The van der Waals surface area contributed by atoms with Crippen LogP contribution >= 0.6 is 11.3 Å². The molecule has 2 N–H and O–H groups in total. The van der Waals surface area contributed by atoms with Gasteiger partial charge in [0.05, 0.1) is 0 Å². The second kappa shape index (κ2) is 5.28. The van der Waals surface area contributed by atoms with Crippen LogP contribution in [0.3, 0.4) is 0 Å². The fraction of sp³-hybridized carbons (Fsp3) is 0.636. The van der Waals surface area contributed by atoms with E-state index >= 15 is 0 Å². The van der Waals surface area contributed by atoms with Crippen LogP contribution in [-0.2, 0) is 16.6 Å². The van der Waals surface area contributed by atoms with Crippen molar-refractivity contribution in [3.05, 3.63) is 16.5 Å². The first-order valence-electron chi connectivity index (χ1n) is 6.03. The Morgan fingerprint density at radius 3 is 2.45 bits per heavy atom. The largest absolute Gasteiger partial charge is 0.402 e. The summed E-state index contributed by atoms with van der Waals surface area (Å²) in [6.07, 6.45) is -3.59. The molecule has 1 aliphatic carbocycles. The van der Waals surface area contributed by atoms with Crippen molar-refractivity contribution in [2.45, 2.75) is 42.7 Å². The second-order valence-corrected chi connectivity index (χ2v) is 8.03. The Labute approximate surface area is 119 Å². The fourth-order valence-electron chi connectivity index (χ4n) is 1.88. The van der Waals surface area contributed by atoms with Crippen LogP contribution in [0.15, 0.2) is 10.3 Å². The molecule has 0 unspecified atom stereocenters. The quantitative estimate of drug-likeness (QED) is 0.901. The van der Waals surface area contributed by atoms with Crippen molar-refractivity contribution >= 4 is 21.4 Å². The summed E-state index contributed by atoms with van der Waals surface area (Å²) >= 11 is 0.944. The SMILES string of the molecule is Cc1cc(S(=O)(=O)N(CC(F)(F)F)C2CC2)sc1CN. The molecule has 0 saturated heterocycles. The van der Waals surface area contributed by atoms with Crippen molar-refractivity contribution < 1.29 is 21.6 Å². The van der Waals surface area contributed by atoms with Crippen molar-refractivity contribution in [3.63, 3.8) is 0 Å². The molecule has 9 heteroatoms. The van der Waals surface area contributed by atoms with Gasteiger partial charge < -0.3 is 5.73 Å². The summed E-state index contributed by atoms with van der Waals surface area (Å²) in [7, 11) is -4.11. The molecule has 1 aromatic heterocycles. The molecule has 1 heterocycles. The molecule has 4 nitrogen and oxygen atoms in total. The smallest absolute Gasteiger partial charge is 0.326 e. The number of thiophene rings is 1. The van der Waals surface area contributed by atoms with Gasteiger partial charge in [-0.15, -0.1) is 11.3 Å². The number of aryl methyl sites for hydroxylation is 1. The van der Waals surface area contributed by atoms with Crippen LogP contribution in [-0.4, -0.2) is 31.5 Å². The first-order valence-corrected chi connectivity index (χ1v) is 8.29. The Morgan fingerprint density at radius 2 is 2.05 bits per heavy atom.